The molecule has 1 N–H and O–H groups in total. The molecule has 0 unspecified atom stereocenters. The van der Waals surface area contributed by atoms with Crippen LogP contribution in [-0.4, -0.2) is 18.2 Å². The first kappa shape index (κ1) is 17.6. The van der Waals surface area contributed by atoms with E-state index in [0.29, 0.717) is 5.75 Å². The second-order valence-electron chi connectivity index (χ2n) is 5.93. The van der Waals surface area contributed by atoms with Gasteiger partial charge in [0.05, 0.1) is 5.75 Å². The minimum absolute atomic E-state index is 0.132. The Morgan fingerprint density at radius 1 is 1.00 bits per heavy atom. The molecule has 0 fully saturated rings. The summed E-state index contributed by atoms with van der Waals surface area (Å²) >= 11 is 1.67. The van der Waals surface area contributed by atoms with E-state index in [9.17, 15) is 4.79 Å². The van der Waals surface area contributed by atoms with Crippen LogP contribution in [0.5, 0.6) is 0 Å². The molecule has 0 radical (unpaired) electrons. The predicted molar refractivity (Wildman–Crippen MR) is 99.9 cm³/mol. The number of amides is 1. The smallest absolute Gasteiger partial charge is 0.230 e. The number of aryl methyl sites for hydroxylation is 3. The fraction of sp³-hybridized carbons (Fsp3) is 0.350. The molecule has 0 aliphatic heterocycles. The summed E-state index contributed by atoms with van der Waals surface area (Å²) in [5, 5.41) is 3.00. The van der Waals surface area contributed by atoms with Gasteiger partial charge < -0.3 is 5.32 Å². The zero-order valence-corrected chi connectivity index (χ0v) is 14.8. The molecule has 0 aliphatic rings. The summed E-state index contributed by atoms with van der Waals surface area (Å²) in [6, 6.07) is 16.9. The van der Waals surface area contributed by atoms with Gasteiger partial charge >= 0.3 is 0 Å². The van der Waals surface area contributed by atoms with E-state index in [1.807, 2.05) is 6.07 Å². The van der Waals surface area contributed by atoms with Crippen LogP contribution in [0.2, 0.25) is 0 Å². The number of hydrogen-bond donors (Lipinski definition) is 1. The van der Waals surface area contributed by atoms with Crippen molar-refractivity contribution in [2.45, 2.75) is 32.4 Å². The lowest BCUT2D eigenvalue weighted by atomic mass is 10.1. The molecule has 0 saturated heterocycles. The summed E-state index contributed by atoms with van der Waals surface area (Å²) in [6.07, 6.45) is 1.99. The van der Waals surface area contributed by atoms with E-state index in [4.69, 9.17) is 0 Å². The van der Waals surface area contributed by atoms with Crippen molar-refractivity contribution in [1.29, 1.82) is 0 Å². The summed E-state index contributed by atoms with van der Waals surface area (Å²) in [5.74, 6) is 1.55. The summed E-state index contributed by atoms with van der Waals surface area (Å²) in [6.45, 7) is 4.97. The molecule has 0 heterocycles. The molecule has 0 atom stereocenters. The molecule has 0 saturated carbocycles. The van der Waals surface area contributed by atoms with E-state index in [0.717, 1.165) is 25.1 Å². The molecule has 0 aromatic heterocycles. The molecule has 2 aromatic carbocycles. The number of nitrogens with one attached hydrogen (secondary N) is 1. The number of thioether (sulfide) groups is 1. The van der Waals surface area contributed by atoms with E-state index >= 15 is 0 Å². The molecule has 2 nitrogen and oxygen atoms in total. The Kier molecular flexibility index (Phi) is 7.21. The van der Waals surface area contributed by atoms with Gasteiger partial charge in [0.1, 0.15) is 0 Å². The number of carbonyl (C=O) groups is 1. The van der Waals surface area contributed by atoms with Crippen LogP contribution in [0.15, 0.2) is 48.5 Å². The lowest BCUT2D eigenvalue weighted by Gasteiger charge is -2.07. The lowest BCUT2D eigenvalue weighted by molar-refractivity contribution is -0.118. The fourth-order valence-corrected chi connectivity index (χ4v) is 3.42. The van der Waals surface area contributed by atoms with E-state index in [1.165, 1.54) is 22.3 Å². The first-order chi connectivity index (χ1) is 11.1. The van der Waals surface area contributed by atoms with E-state index < -0.39 is 0 Å². The summed E-state index contributed by atoms with van der Waals surface area (Å²) in [5.41, 5.74) is 5.19. The minimum atomic E-state index is 0.132. The van der Waals surface area contributed by atoms with Crippen molar-refractivity contribution in [3.05, 3.63) is 70.8 Å². The van der Waals surface area contributed by atoms with E-state index in [-0.39, 0.29) is 5.91 Å². The quantitative estimate of drug-likeness (QED) is 0.733. The average molecular weight is 327 g/mol. The Morgan fingerprint density at radius 2 is 1.70 bits per heavy atom. The van der Waals surface area contributed by atoms with Crippen LogP contribution in [0.3, 0.4) is 0 Å². The van der Waals surface area contributed by atoms with Gasteiger partial charge in [0.25, 0.3) is 0 Å². The van der Waals surface area contributed by atoms with Crippen molar-refractivity contribution in [2.75, 3.05) is 12.3 Å². The molecule has 1 amide bonds. The molecule has 2 rings (SSSR count). The van der Waals surface area contributed by atoms with Gasteiger partial charge in [-0.15, -0.1) is 11.8 Å². The van der Waals surface area contributed by atoms with Crippen LogP contribution in [0.4, 0.5) is 0 Å². The van der Waals surface area contributed by atoms with Gasteiger partial charge in [0, 0.05) is 12.3 Å². The maximum absolute atomic E-state index is 11.8. The van der Waals surface area contributed by atoms with Gasteiger partial charge in [-0.2, -0.15) is 0 Å². The summed E-state index contributed by atoms with van der Waals surface area (Å²) in [7, 11) is 0. The maximum atomic E-state index is 11.8. The van der Waals surface area contributed by atoms with Crippen molar-refractivity contribution >= 4 is 17.7 Å². The van der Waals surface area contributed by atoms with Crippen LogP contribution in [0.25, 0.3) is 0 Å². The van der Waals surface area contributed by atoms with E-state index in [1.54, 1.807) is 11.8 Å². The highest BCUT2D eigenvalue weighted by atomic mass is 32.2. The third kappa shape index (κ3) is 6.91. The molecule has 23 heavy (non-hydrogen) atoms. The van der Waals surface area contributed by atoms with Crippen molar-refractivity contribution in [1.82, 2.24) is 5.32 Å². The molecular formula is C20H25NOS. The molecule has 122 valence electrons. The molecular weight excluding hydrogens is 302 g/mol. The highest BCUT2D eigenvalue weighted by Gasteiger charge is 2.02. The molecule has 0 bridgehead atoms. The number of benzene rings is 2. The number of carbonyl (C=O) groups excluding carboxylic acids is 1. The van der Waals surface area contributed by atoms with Gasteiger partial charge in [-0.25, -0.2) is 0 Å². The van der Waals surface area contributed by atoms with Gasteiger partial charge in [-0.1, -0.05) is 59.7 Å². The normalized spacial score (nSPS) is 10.5. The highest BCUT2D eigenvalue weighted by Crippen LogP contribution is 2.15. The summed E-state index contributed by atoms with van der Waals surface area (Å²) in [4.78, 5) is 11.8. The number of rotatable bonds is 8. The first-order valence-corrected chi connectivity index (χ1v) is 9.24. The third-order valence-electron chi connectivity index (χ3n) is 3.59. The van der Waals surface area contributed by atoms with Gasteiger partial charge in [-0.3, -0.25) is 4.79 Å². The minimum Gasteiger partial charge on any atom is -0.355 e. The van der Waals surface area contributed by atoms with Crippen molar-refractivity contribution in [3.8, 4) is 0 Å². The highest BCUT2D eigenvalue weighted by molar-refractivity contribution is 7.99. The van der Waals surface area contributed by atoms with Crippen molar-refractivity contribution < 1.29 is 4.79 Å². The van der Waals surface area contributed by atoms with Gasteiger partial charge in [0.15, 0.2) is 0 Å². The zero-order chi connectivity index (χ0) is 16.5. The monoisotopic (exact) mass is 327 g/mol. The largest absolute Gasteiger partial charge is 0.355 e. The van der Waals surface area contributed by atoms with E-state index in [2.05, 4.69) is 61.6 Å². The molecule has 0 aliphatic carbocycles. The lowest BCUT2D eigenvalue weighted by Crippen LogP contribution is -2.26. The standard InChI is InChI=1S/C20H25NOS/c1-16-11-17(2)13-19(12-16)14-23-15-20(22)21-10-6-9-18-7-4-3-5-8-18/h3-5,7-8,11-13H,6,9-10,14-15H2,1-2H3,(H,21,22). The molecule has 2 aromatic rings. The first-order valence-electron chi connectivity index (χ1n) is 8.09. The second-order valence-corrected chi connectivity index (χ2v) is 6.91. The SMILES string of the molecule is Cc1cc(C)cc(CSCC(=O)NCCCc2ccccc2)c1. The topological polar surface area (TPSA) is 29.1 Å². The van der Waals surface area contributed by atoms with Crippen LogP contribution < -0.4 is 5.32 Å². The van der Waals surface area contributed by atoms with Crippen LogP contribution in [0, 0.1) is 13.8 Å². The predicted octanol–water partition coefficient (Wildman–Crippen LogP) is 4.29. The molecule has 3 heteroatoms. The Morgan fingerprint density at radius 3 is 2.39 bits per heavy atom. The summed E-state index contributed by atoms with van der Waals surface area (Å²) < 4.78 is 0. The van der Waals surface area contributed by atoms with Crippen LogP contribution in [0.1, 0.15) is 28.7 Å². The zero-order valence-electron chi connectivity index (χ0n) is 14.0. The number of hydrogen-bond acceptors (Lipinski definition) is 2. The Labute approximate surface area is 143 Å². The van der Waals surface area contributed by atoms with Gasteiger partial charge in [0.2, 0.25) is 5.91 Å². The third-order valence-corrected chi connectivity index (χ3v) is 4.59. The maximum Gasteiger partial charge on any atom is 0.230 e. The average Bonchev–Trinajstić information content (AvgIpc) is 2.52. The Hall–Kier alpha value is -1.74. The Balaban J connectivity index is 1.60. The van der Waals surface area contributed by atoms with Gasteiger partial charge in [-0.05, 0) is 37.8 Å². The Bertz CT molecular complexity index is 605. The van der Waals surface area contributed by atoms with Crippen LogP contribution in [-0.2, 0) is 17.0 Å². The van der Waals surface area contributed by atoms with Crippen LogP contribution >= 0.6 is 11.8 Å². The molecule has 0 spiro atoms. The van der Waals surface area contributed by atoms with Crippen molar-refractivity contribution in [3.63, 3.8) is 0 Å². The second kappa shape index (κ2) is 9.41. The van der Waals surface area contributed by atoms with Crippen molar-refractivity contribution in [2.24, 2.45) is 0 Å². The fourth-order valence-electron chi connectivity index (χ4n) is 2.63.